The second-order valence-corrected chi connectivity index (χ2v) is 3.20. The van der Waals surface area contributed by atoms with Gasteiger partial charge in [0.1, 0.15) is 0 Å². The minimum Gasteiger partial charge on any atom is -0.504 e. The molecule has 0 spiro atoms. The highest BCUT2D eigenvalue weighted by molar-refractivity contribution is 5.95. The Morgan fingerprint density at radius 1 is 1.25 bits per heavy atom. The predicted molar refractivity (Wildman–Crippen MR) is 60.8 cm³/mol. The molecular formula is C12H14O4. The van der Waals surface area contributed by atoms with Gasteiger partial charge in [-0.25, -0.2) is 0 Å². The van der Waals surface area contributed by atoms with E-state index in [1.165, 1.54) is 20.1 Å². The maximum atomic E-state index is 10.9. The van der Waals surface area contributed by atoms with Gasteiger partial charge in [0.25, 0.3) is 0 Å². The number of methoxy groups -OCH3 is 2. The lowest BCUT2D eigenvalue weighted by Gasteiger charge is -2.07. The van der Waals surface area contributed by atoms with Crippen LogP contribution in [0.2, 0.25) is 0 Å². The maximum Gasteiger partial charge on any atom is 0.194 e. The minimum atomic E-state index is -0.380. The Kier molecular flexibility index (Phi) is 3.94. The quantitative estimate of drug-likeness (QED) is 0.626. The summed E-state index contributed by atoms with van der Waals surface area (Å²) in [5.74, 6) is 0.483. The van der Waals surface area contributed by atoms with Gasteiger partial charge >= 0.3 is 0 Å². The van der Waals surface area contributed by atoms with Crippen molar-refractivity contribution in [2.45, 2.75) is 6.92 Å². The van der Waals surface area contributed by atoms with Gasteiger partial charge in [0, 0.05) is 6.92 Å². The molecule has 0 saturated carbocycles. The lowest BCUT2D eigenvalue weighted by Crippen LogP contribution is -1.95. The fourth-order valence-corrected chi connectivity index (χ4v) is 1.20. The van der Waals surface area contributed by atoms with Crippen LogP contribution in [-0.4, -0.2) is 25.1 Å². The van der Waals surface area contributed by atoms with E-state index in [1.807, 2.05) is 0 Å². The van der Waals surface area contributed by atoms with Crippen molar-refractivity contribution in [1.82, 2.24) is 0 Å². The highest BCUT2D eigenvalue weighted by Gasteiger charge is 2.05. The molecule has 86 valence electrons. The van der Waals surface area contributed by atoms with Crippen LogP contribution in [0.5, 0.6) is 11.5 Å². The van der Waals surface area contributed by atoms with Gasteiger partial charge in [0.2, 0.25) is 0 Å². The smallest absolute Gasteiger partial charge is 0.194 e. The molecule has 0 heterocycles. The second-order valence-electron chi connectivity index (χ2n) is 3.20. The molecule has 0 aliphatic heterocycles. The molecule has 0 saturated heterocycles. The molecule has 0 aliphatic rings. The summed E-state index contributed by atoms with van der Waals surface area (Å²) >= 11 is 0. The molecule has 0 atom stereocenters. The molecule has 0 bridgehead atoms. The Hall–Kier alpha value is -1.97. The van der Waals surface area contributed by atoms with E-state index in [2.05, 4.69) is 0 Å². The van der Waals surface area contributed by atoms with Crippen molar-refractivity contribution in [1.29, 1.82) is 0 Å². The van der Waals surface area contributed by atoms with E-state index in [9.17, 15) is 9.90 Å². The first-order valence-electron chi connectivity index (χ1n) is 4.72. The van der Waals surface area contributed by atoms with Crippen LogP contribution in [0.1, 0.15) is 12.5 Å². The lowest BCUT2D eigenvalue weighted by molar-refractivity contribution is -0.115. The lowest BCUT2D eigenvalue weighted by atomic mass is 10.1. The Morgan fingerprint density at radius 3 is 2.38 bits per heavy atom. The van der Waals surface area contributed by atoms with Crippen molar-refractivity contribution in [3.05, 3.63) is 29.5 Å². The summed E-state index contributed by atoms with van der Waals surface area (Å²) in [6.45, 7) is 1.30. The number of carbonyl (C=O) groups is 1. The predicted octanol–water partition coefficient (Wildman–Crippen LogP) is 2.19. The van der Waals surface area contributed by atoms with Crippen LogP contribution < -0.4 is 9.47 Å². The molecule has 4 heteroatoms. The van der Waals surface area contributed by atoms with Gasteiger partial charge < -0.3 is 14.6 Å². The third kappa shape index (κ3) is 2.76. The number of Topliss-reactive ketones (excluding diaryl/α,β-unsaturated/α-hetero) is 1. The molecule has 1 aromatic carbocycles. The second kappa shape index (κ2) is 5.21. The fraction of sp³-hybridized carbons (Fsp3) is 0.250. The summed E-state index contributed by atoms with van der Waals surface area (Å²) in [5.41, 5.74) is 0.672. The van der Waals surface area contributed by atoms with E-state index < -0.39 is 0 Å². The highest BCUT2D eigenvalue weighted by atomic mass is 16.5. The van der Waals surface area contributed by atoms with E-state index in [0.717, 1.165) is 0 Å². The Labute approximate surface area is 94.1 Å². The van der Waals surface area contributed by atoms with Crippen LogP contribution >= 0.6 is 0 Å². The zero-order valence-corrected chi connectivity index (χ0v) is 9.48. The summed E-state index contributed by atoms with van der Waals surface area (Å²) in [5, 5.41) is 9.31. The standard InChI is InChI=1S/C12H14O4/c1-8(13)10(14)6-9-4-5-11(15-2)12(7-9)16-3/h4-7,14H,1-3H3/b10-6-. The van der Waals surface area contributed by atoms with E-state index in [-0.39, 0.29) is 11.5 Å². The summed E-state index contributed by atoms with van der Waals surface area (Å²) in [6, 6.07) is 5.11. The molecule has 4 nitrogen and oxygen atoms in total. The molecule has 16 heavy (non-hydrogen) atoms. The van der Waals surface area contributed by atoms with Crippen LogP contribution in [-0.2, 0) is 4.79 Å². The summed E-state index contributed by atoms with van der Waals surface area (Å²) < 4.78 is 10.2. The first-order valence-corrected chi connectivity index (χ1v) is 4.72. The van der Waals surface area contributed by atoms with Crippen molar-refractivity contribution in [2.24, 2.45) is 0 Å². The van der Waals surface area contributed by atoms with Gasteiger partial charge in [-0.15, -0.1) is 0 Å². The molecule has 1 aromatic rings. The monoisotopic (exact) mass is 222 g/mol. The number of benzene rings is 1. The summed E-state index contributed by atoms with van der Waals surface area (Å²) in [7, 11) is 3.07. The fourth-order valence-electron chi connectivity index (χ4n) is 1.20. The van der Waals surface area contributed by atoms with Crippen molar-refractivity contribution >= 4 is 11.9 Å². The number of ketones is 1. The number of allylic oxidation sites excluding steroid dienone is 1. The third-order valence-electron chi connectivity index (χ3n) is 2.07. The molecule has 0 aromatic heterocycles. The zero-order valence-electron chi connectivity index (χ0n) is 9.48. The normalized spacial score (nSPS) is 11.1. The molecular weight excluding hydrogens is 208 g/mol. The molecule has 0 fully saturated rings. The van der Waals surface area contributed by atoms with Crippen LogP contribution in [0.25, 0.3) is 6.08 Å². The van der Waals surface area contributed by atoms with E-state index >= 15 is 0 Å². The van der Waals surface area contributed by atoms with Crippen molar-refractivity contribution in [3.63, 3.8) is 0 Å². The molecule has 1 rings (SSSR count). The van der Waals surface area contributed by atoms with Crippen LogP contribution in [0.15, 0.2) is 24.0 Å². The van der Waals surface area contributed by atoms with Gasteiger partial charge in [0.15, 0.2) is 23.0 Å². The summed E-state index contributed by atoms with van der Waals surface area (Å²) in [6.07, 6.45) is 1.38. The van der Waals surface area contributed by atoms with E-state index in [4.69, 9.17) is 9.47 Å². The van der Waals surface area contributed by atoms with Crippen molar-refractivity contribution < 1.29 is 19.4 Å². The van der Waals surface area contributed by atoms with Gasteiger partial charge in [-0.2, -0.15) is 0 Å². The van der Waals surface area contributed by atoms with Gasteiger partial charge in [-0.05, 0) is 23.8 Å². The van der Waals surface area contributed by atoms with Crippen LogP contribution in [0, 0.1) is 0 Å². The Morgan fingerprint density at radius 2 is 1.88 bits per heavy atom. The third-order valence-corrected chi connectivity index (χ3v) is 2.07. The average Bonchev–Trinajstić information content (AvgIpc) is 2.28. The molecule has 0 amide bonds. The molecule has 0 aliphatic carbocycles. The molecule has 0 radical (unpaired) electrons. The largest absolute Gasteiger partial charge is 0.504 e. The first-order chi connectivity index (χ1) is 7.58. The Balaban J connectivity index is 3.09. The zero-order chi connectivity index (χ0) is 12.1. The number of hydrogen-bond acceptors (Lipinski definition) is 4. The Bertz CT molecular complexity index is 421. The topological polar surface area (TPSA) is 55.8 Å². The van der Waals surface area contributed by atoms with E-state index in [1.54, 1.807) is 25.3 Å². The van der Waals surface area contributed by atoms with Gasteiger partial charge in [-0.1, -0.05) is 6.07 Å². The SMILES string of the molecule is COc1ccc(/C=C(\O)C(C)=O)cc1OC. The molecule has 1 N–H and O–H groups in total. The summed E-state index contributed by atoms with van der Waals surface area (Å²) in [4.78, 5) is 10.9. The number of rotatable bonds is 4. The number of aliphatic hydroxyl groups excluding tert-OH is 1. The van der Waals surface area contributed by atoms with E-state index in [0.29, 0.717) is 17.1 Å². The maximum absolute atomic E-state index is 10.9. The van der Waals surface area contributed by atoms with Crippen molar-refractivity contribution in [3.8, 4) is 11.5 Å². The minimum absolute atomic E-state index is 0.285. The number of carbonyl (C=O) groups excluding carboxylic acids is 1. The highest BCUT2D eigenvalue weighted by Crippen LogP contribution is 2.28. The number of ether oxygens (including phenoxy) is 2. The van der Waals surface area contributed by atoms with Gasteiger partial charge in [-0.3, -0.25) is 4.79 Å². The average molecular weight is 222 g/mol. The van der Waals surface area contributed by atoms with Crippen LogP contribution in [0.4, 0.5) is 0 Å². The van der Waals surface area contributed by atoms with Crippen molar-refractivity contribution in [2.75, 3.05) is 14.2 Å². The molecule has 0 unspecified atom stereocenters. The first kappa shape index (κ1) is 12.1. The number of hydrogen-bond donors (Lipinski definition) is 1. The van der Waals surface area contributed by atoms with Crippen LogP contribution in [0.3, 0.4) is 0 Å². The number of aliphatic hydroxyl groups is 1. The van der Waals surface area contributed by atoms with Gasteiger partial charge in [0.05, 0.1) is 14.2 Å².